The summed E-state index contributed by atoms with van der Waals surface area (Å²) in [7, 11) is 0. The molecule has 1 atom stereocenters. The third kappa shape index (κ3) is 4.45. The fourth-order valence-corrected chi connectivity index (χ4v) is 3.80. The van der Waals surface area contributed by atoms with Crippen molar-refractivity contribution in [2.45, 2.75) is 38.9 Å². The van der Waals surface area contributed by atoms with Gasteiger partial charge in [0.05, 0.1) is 5.56 Å². The number of hydrogen-bond acceptors (Lipinski definition) is 7. The number of furan rings is 1. The number of ether oxygens (including phenoxy) is 2. The van der Waals surface area contributed by atoms with Crippen molar-refractivity contribution >= 4 is 23.0 Å². The second-order valence-electron chi connectivity index (χ2n) is 7.88. The van der Waals surface area contributed by atoms with E-state index < -0.39 is 12.2 Å². The van der Waals surface area contributed by atoms with Gasteiger partial charge in [0.2, 0.25) is 5.89 Å². The van der Waals surface area contributed by atoms with E-state index in [1.165, 1.54) is 0 Å². The van der Waals surface area contributed by atoms with Gasteiger partial charge in [0.1, 0.15) is 35.7 Å². The number of aromatic nitrogens is 1. The molecule has 1 saturated heterocycles. The molecule has 2 amide bonds. The first-order valence-electron chi connectivity index (χ1n) is 10.7. The van der Waals surface area contributed by atoms with Crippen molar-refractivity contribution in [1.29, 1.82) is 0 Å². The molecule has 0 aliphatic carbocycles. The first kappa shape index (κ1) is 20.8. The van der Waals surface area contributed by atoms with Crippen LogP contribution in [-0.2, 0) is 22.6 Å². The summed E-state index contributed by atoms with van der Waals surface area (Å²) in [5.74, 6) is 1.56. The van der Waals surface area contributed by atoms with Crippen LogP contribution in [0.2, 0.25) is 0 Å². The number of alkyl carbamates (subject to hydrolysis) is 1. The molecule has 1 aliphatic rings. The Morgan fingerprint density at radius 2 is 1.91 bits per heavy atom. The van der Waals surface area contributed by atoms with Gasteiger partial charge in [-0.15, -0.1) is 0 Å². The van der Waals surface area contributed by atoms with Crippen LogP contribution < -0.4 is 10.1 Å². The summed E-state index contributed by atoms with van der Waals surface area (Å²) in [6.07, 6.45) is 2.30. The van der Waals surface area contributed by atoms with E-state index in [0.717, 1.165) is 46.4 Å². The third-order valence-electron chi connectivity index (χ3n) is 5.60. The van der Waals surface area contributed by atoms with Crippen LogP contribution >= 0.6 is 0 Å². The molecule has 2 aromatic heterocycles. The molecule has 8 nitrogen and oxygen atoms in total. The lowest BCUT2D eigenvalue weighted by molar-refractivity contribution is -0.123. The van der Waals surface area contributed by atoms with E-state index in [4.69, 9.17) is 18.3 Å². The predicted octanol–water partition coefficient (Wildman–Crippen LogP) is 4.93. The number of carbonyl (C=O) groups is 2. The molecule has 1 unspecified atom stereocenters. The molecule has 3 heterocycles. The monoisotopic (exact) mass is 446 g/mol. The van der Waals surface area contributed by atoms with Crippen molar-refractivity contribution in [3.63, 3.8) is 0 Å². The lowest BCUT2D eigenvalue weighted by Crippen LogP contribution is -2.24. The minimum Gasteiger partial charge on any atom is -0.487 e. The highest BCUT2D eigenvalue weighted by Gasteiger charge is 2.31. The highest BCUT2D eigenvalue weighted by Crippen LogP contribution is 2.31. The van der Waals surface area contributed by atoms with Crippen molar-refractivity contribution in [1.82, 2.24) is 10.3 Å². The normalized spacial score (nSPS) is 15.6. The molecular weight excluding hydrogens is 424 g/mol. The van der Waals surface area contributed by atoms with E-state index in [9.17, 15) is 9.59 Å². The van der Waals surface area contributed by atoms with Gasteiger partial charge in [0, 0.05) is 5.39 Å². The summed E-state index contributed by atoms with van der Waals surface area (Å²) in [5.41, 5.74) is 3.44. The molecule has 1 aliphatic heterocycles. The lowest BCUT2D eigenvalue weighted by atomic mass is 10.1. The predicted molar refractivity (Wildman–Crippen MR) is 119 cm³/mol. The molecule has 1 fully saturated rings. The number of nitrogens with zero attached hydrogens (tertiary/aromatic N) is 1. The Bertz CT molecular complexity index is 1300. The first-order valence-corrected chi connectivity index (χ1v) is 10.7. The van der Waals surface area contributed by atoms with E-state index in [1.807, 2.05) is 55.5 Å². The molecule has 168 valence electrons. The van der Waals surface area contributed by atoms with Gasteiger partial charge in [0.25, 0.3) is 5.91 Å². The zero-order chi connectivity index (χ0) is 22.8. The number of nitrogens with one attached hydrogen (secondary N) is 1. The van der Waals surface area contributed by atoms with E-state index in [0.29, 0.717) is 18.1 Å². The van der Waals surface area contributed by atoms with Crippen molar-refractivity contribution in [3.05, 3.63) is 71.8 Å². The number of cyclic esters (lactones) is 1. The molecule has 4 aromatic rings. The van der Waals surface area contributed by atoms with Gasteiger partial charge >= 0.3 is 6.09 Å². The molecule has 0 radical (unpaired) electrons. The highest BCUT2D eigenvalue weighted by molar-refractivity contribution is 5.99. The third-order valence-corrected chi connectivity index (χ3v) is 5.60. The maximum atomic E-state index is 11.5. The maximum absolute atomic E-state index is 11.5. The SMILES string of the molecule is Cc1oc(-c2coc3ccccc23)nc1COc1ccc(CCCC2OC(=O)NC2=O)cc1. The van der Waals surface area contributed by atoms with Gasteiger partial charge in [0.15, 0.2) is 6.10 Å². The van der Waals surface area contributed by atoms with Gasteiger partial charge in [-0.2, -0.15) is 0 Å². The molecule has 33 heavy (non-hydrogen) atoms. The Balaban J connectivity index is 1.16. The number of rotatable bonds is 8. The van der Waals surface area contributed by atoms with Gasteiger partial charge in [-0.05, 0) is 49.9 Å². The zero-order valence-electron chi connectivity index (χ0n) is 18.0. The topological polar surface area (TPSA) is 104 Å². The lowest BCUT2D eigenvalue weighted by Gasteiger charge is -2.08. The van der Waals surface area contributed by atoms with Crippen molar-refractivity contribution in [2.75, 3.05) is 0 Å². The Morgan fingerprint density at radius 3 is 2.70 bits per heavy atom. The number of imide groups is 1. The van der Waals surface area contributed by atoms with Crippen LogP contribution in [0.15, 0.2) is 63.6 Å². The van der Waals surface area contributed by atoms with E-state index >= 15 is 0 Å². The molecular formula is C25H22N2O6. The summed E-state index contributed by atoms with van der Waals surface area (Å²) in [4.78, 5) is 27.2. The van der Waals surface area contributed by atoms with Crippen LogP contribution in [0.25, 0.3) is 22.4 Å². The van der Waals surface area contributed by atoms with Gasteiger partial charge in [-0.1, -0.05) is 30.3 Å². The second-order valence-corrected chi connectivity index (χ2v) is 7.88. The summed E-state index contributed by atoms with van der Waals surface area (Å²) >= 11 is 0. The minimum absolute atomic E-state index is 0.284. The number of benzene rings is 2. The number of hydrogen-bond donors (Lipinski definition) is 1. The Morgan fingerprint density at radius 1 is 1.09 bits per heavy atom. The van der Waals surface area contributed by atoms with Gasteiger partial charge in [-0.25, -0.2) is 9.78 Å². The molecule has 2 aromatic carbocycles. The fraction of sp³-hybridized carbons (Fsp3) is 0.240. The molecule has 5 rings (SSSR count). The fourth-order valence-electron chi connectivity index (χ4n) is 3.80. The van der Waals surface area contributed by atoms with E-state index in [1.54, 1.807) is 6.26 Å². The van der Waals surface area contributed by atoms with Crippen molar-refractivity contribution in [3.8, 4) is 17.2 Å². The standard InChI is InChI=1S/C25H22N2O6/c1-15-20(26-24(32-15)19-13-31-21-7-3-2-6-18(19)21)14-30-17-11-9-16(10-12-17)5-4-8-22-23(28)27-25(29)33-22/h2-3,6-7,9-13,22H,4-5,8,14H2,1H3,(H,27,28,29). The quantitative estimate of drug-likeness (QED) is 0.409. The van der Waals surface area contributed by atoms with Crippen molar-refractivity contribution < 1.29 is 27.9 Å². The average molecular weight is 446 g/mol. The summed E-state index contributed by atoms with van der Waals surface area (Å²) in [5, 5.41) is 3.09. The number of oxazole rings is 1. The second kappa shape index (κ2) is 8.82. The van der Waals surface area contributed by atoms with Crippen LogP contribution in [0.1, 0.15) is 29.9 Å². The van der Waals surface area contributed by atoms with E-state index in [2.05, 4.69) is 10.3 Å². The molecule has 8 heteroatoms. The maximum Gasteiger partial charge on any atom is 0.414 e. The summed E-state index contributed by atoms with van der Waals surface area (Å²) < 4.78 is 22.3. The van der Waals surface area contributed by atoms with Crippen molar-refractivity contribution in [2.24, 2.45) is 0 Å². The average Bonchev–Trinajstić information content (AvgIpc) is 3.49. The summed E-state index contributed by atoms with van der Waals surface area (Å²) in [6.45, 7) is 2.15. The number of carbonyl (C=O) groups excluding carboxylic acids is 2. The number of amides is 2. The Hall–Kier alpha value is -4.07. The smallest absolute Gasteiger partial charge is 0.414 e. The molecule has 0 spiro atoms. The zero-order valence-corrected chi connectivity index (χ0v) is 18.0. The summed E-state index contributed by atoms with van der Waals surface area (Å²) in [6, 6.07) is 15.5. The van der Waals surface area contributed by atoms with E-state index in [-0.39, 0.29) is 12.5 Å². The van der Waals surface area contributed by atoms with Crippen LogP contribution in [-0.4, -0.2) is 23.1 Å². The minimum atomic E-state index is -0.685. The highest BCUT2D eigenvalue weighted by atomic mass is 16.6. The van der Waals surface area contributed by atoms with Crippen LogP contribution in [0, 0.1) is 6.92 Å². The number of para-hydroxylation sites is 1. The molecule has 0 bridgehead atoms. The number of aryl methyl sites for hydroxylation is 2. The van der Waals surface area contributed by atoms with Gasteiger partial charge < -0.3 is 18.3 Å². The van der Waals surface area contributed by atoms with Crippen LogP contribution in [0.3, 0.4) is 0 Å². The largest absolute Gasteiger partial charge is 0.487 e. The number of fused-ring (bicyclic) bond motifs is 1. The Kier molecular flexibility index (Phi) is 5.56. The van der Waals surface area contributed by atoms with Crippen LogP contribution in [0.5, 0.6) is 5.75 Å². The first-order chi connectivity index (χ1) is 16.1. The molecule has 1 N–H and O–H groups in total. The van der Waals surface area contributed by atoms with Gasteiger partial charge in [-0.3, -0.25) is 10.1 Å². The molecule has 0 saturated carbocycles. The Labute approximate surface area is 189 Å². The van der Waals surface area contributed by atoms with Crippen LogP contribution in [0.4, 0.5) is 4.79 Å².